The molecule has 0 aliphatic rings. The van der Waals surface area contributed by atoms with Crippen LogP contribution in [0.2, 0.25) is 5.02 Å². The summed E-state index contributed by atoms with van der Waals surface area (Å²) in [5.74, 6) is -0.765. The van der Waals surface area contributed by atoms with E-state index in [9.17, 15) is 18.0 Å². The summed E-state index contributed by atoms with van der Waals surface area (Å²) in [7, 11) is -3.79. The van der Waals surface area contributed by atoms with Crippen molar-refractivity contribution in [2.75, 3.05) is 23.7 Å². The first-order chi connectivity index (χ1) is 15.9. The fourth-order valence-corrected chi connectivity index (χ4v) is 4.38. The number of carbonyl (C=O) groups excluding carboxylic acids is 2. The Bertz CT molecular complexity index is 1100. The van der Waals surface area contributed by atoms with E-state index in [4.69, 9.17) is 11.6 Å². The van der Waals surface area contributed by atoms with E-state index in [1.54, 1.807) is 19.1 Å². The number of rotatable bonds is 11. The van der Waals surface area contributed by atoms with Gasteiger partial charge in [0, 0.05) is 18.1 Å². The Hall–Kier alpha value is -2.58. The van der Waals surface area contributed by atoms with Crippen LogP contribution in [0.1, 0.15) is 43.4 Å². The van der Waals surface area contributed by atoms with Crippen molar-refractivity contribution in [1.82, 2.24) is 10.2 Å². The summed E-state index contributed by atoms with van der Waals surface area (Å²) < 4.78 is 26.2. The Kier molecular flexibility index (Phi) is 9.94. The highest BCUT2D eigenvalue weighted by molar-refractivity contribution is 7.92. The molecule has 1 N–H and O–H groups in total. The molecule has 1 atom stereocenters. The second-order valence-corrected chi connectivity index (χ2v) is 10.8. The topological polar surface area (TPSA) is 86.8 Å². The molecular weight excluding hydrogens is 474 g/mol. The molecule has 7 nitrogen and oxygen atoms in total. The average Bonchev–Trinajstić information content (AvgIpc) is 2.77. The monoisotopic (exact) mass is 507 g/mol. The number of anilines is 1. The summed E-state index contributed by atoms with van der Waals surface area (Å²) in [6.45, 7) is 7.70. The lowest BCUT2D eigenvalue weighted by molar-refractivity contribution is -0.139. The number of hydrogen-bond acceptors (Lipinski definition) is 4. The Morgan fingerprint density at radius 3 is 2.29 bits per heavy atom. The molecule has 2 aromatic carbocycles. The van der Waals surface area contributed by atoms with Gasteiger partial charge in [-0.2, -0.15) is 0 Å². The van der Waals surface area contributed by atoms with Crippen LogP contribution in [0, 0.1) is 13.8 Å². The summed E-state index contributed by atoms with van der Waals surface area (Å²) in [5.41, 5.74) is 3.01. The molecule has 34 heavy (non-hydrogen) atoms. The van der Waals surface area contributed by atoms with Crippen LogP contribution in [0.3, 0.4) is 0 Å². The van der Waals surface area contributed by atoms with Gasteiger partial charge in [-0.25, -0.2) is 8.42 Å². The van der Waals surface area contributed by atoms with Crippen LogP contribution in [-0.4, -0.2) is 50.5 Å². The van der Waals surface area contributed by atoms with E-state index in [2.05, 4.69) is 5.32 Å². The van der Waals surface area contributed by atoms with Gasteiger partial charge in [-0.3, -0.25) is 13.9 Å². The molecule has 0 fully saturated rings. The Morgan fingerprint density at radius 2 is 1.74 bits per heavy atom. The van der Waals surface area contributed by atoms with E-state index in [1.807, 2.05) is 45.0 Å². The lowest BCUT2D eigenvalue weighted by Crippen LogP contribution is -2.51. The zero-order valence-corrected chi connectivity index (χ0v) is 22.0. The molecular formula is C25H34ClN3O4S. The second-order valence-electron chi connectivity index (χ2n) is 8.53. The van der Waals surface area contributed by atoms with Crippen LogP contribution < -0.4 is 9.62 Å². The maximum Gasteiger partial charge on any atom is 0.244 e. The van der Waals surface area contributed by atoms with E-state index in [1.165, 1.54) is 11.0 Å². The number of amides is 2. The number of aryl methyl sites for hydroxylation is 2. The van der Waals surface area contributed by atoms with Crippen molar-refractivity contribution in [2.45, 2.75) is 53.1 Å². The van der Waals surface area contributed by atoms with Crippen molar-refractivity contribution in [2.24, 2.45) is 0 Å². The summed E-state index contributed by atoms with van der Waals surface area (Å²) in [6, 6.07) is 11.7. The van der Waals surface area contributed by atoms with Crippen molar-refractivity contribution >= 4 is 39.1 Å². The maximum absolute atomic E-state index is 13.5. The molecule has 0 aliphatic carbocycles. The van der Waals surface area contributed by atoms with Gasteiger partial charge in [0.05, 0.1) is 11.9 Å². The Balaban J connectivity index is 2.35. The number of nitrogens with one attached hydrogen (secondary N) is 1. The number of unbranched alkanes of at least 4 members (excludes halogenated alkanes) is 1. The van der Waals surface area contributed by atoms with Crippen LogP contribution in [0.25, 0.3) is 0 Å². The molecule has 0 saturated heterocycles. The first kappa shape index (κ1) is 27.7. The molecule has 0 aliphatic heterocycles. The van der Waals surface area contributed by atoms with Gasteiger partial charge in [0.2, 0.25) is 21.8 Å². The number of sulfonamides is 1. The molecule has 186 valence electrons. The van der Waals surface area contributed by atoms with Crippen molar-refractivity contribution in [3.63, 3.8) is 0 Å². The predicted octanol–water partition coefficient (Wildman–Crippen LogP) is 4.06. The lowest BCUT2D eigenvalue weighted by Gasteiger charge is -2.31. The van der Waals surface area contributed by atoms with Crippen LogP contribution in [0.4, 0.5) is 5.69 Å². The van der Waals surface area contributed by atoms with Crippen LogP contribution in [-0.2, 0) is 26.2 Å². The van der Waals surface area contributed by atoms with Crippen molar-refractivity contribution in [3.05, 3.63) is 64.2 Å². The molecule has 0 spiro atoms. The maximum atomic E-state index is 13.5. The number of benzene rings is 2. The van der Waals surface area contributed by atoms with Crippen molar-refractivity contribution < 1.29 is 18.0 Å². The van der Waals surface area contributed by atoms with Gasteiger partial charge in [-0.1, -0.05) is 60.8 Å². The molecule has 2 rings (SSSR count). The third kappa shape index (κ3) is 7.74. The molecule has 0 aromatic heterocycles. The van der Waals surface area contributed by atoms with Gasteiger partial charge in [0.25, 0.3) is 0 Å². The molecule has 0 heterocycles. The van der Waals surface area contributed by atoms with Crippen LogP contribution in [0.5, 0.6) is 0 Å². The minimum atomic E-state index is -3.79. The second kappa shape index (κ2) is 12.2. The highest BCUT2D eigenvalue weighted by Gasteiger charge is 2.30. The molecule has 0 radical (unpaired) electrons. The summed E-state index contributed by atoms with van der Waals surface area (Å²) >= 11 is 6.21. The van der Waals surface area contributed by atoms with Crippen molar-refractivity contribution in [3.8, 4) is 0 Å². The minimum absolute atomic E-state index is 0.174. The van der Waals surface area contributed by atoms with Crippen molar-refractivity contribution in [1.29, 1.82) is 0 Å². The van der Waals surface area contributed by atoms with Gasteiger partial charge in [0.15, 0.2) is 0 Å². The predicted molar refractivity (Wildman–Crippen MR) is 137 cm³/mol. The fraction of sp³-hybridized carbons (Fsp3) is 0.440. The van der Waals surface area contributed by atoms with Gasteiger partial charge in [0.1, 0.15) is 12.6 Å². The normalized spacial score (nSPS) is 12.2. The third-order valence-electron chi connectivity index (χ3n) is 5.59. The third-order valence-corrected chi connectivity index (χ3v) is 7.14. The first-order valence-electron chi connectivity index (χ1n) is 11.3. The highest BCUT2D eigenvalue weighted by atomic mass is 35.5. The van der Waals surface area contributed by atoms with Crippen LogP contribution >= 0.6 is 11.6 Å². The molecule has 0 saturated carbocycles. The highest BCUT2D eigenvalue weighted by Crippen LogP contribution is 2.25. The van der Waals surface area contributed by atoms with E-state index in [-0.39, 0.29) is 12.5 Å². The number of carbonyl (C=O) groups is 2. The number of halogens is 1. The van der Waals surface area contributed by atoms with E-state index in [0.717, 1.165) is 40.1 Å². The fourth-order valence-electron chi connectivity index (χ4n) is 3.36. The van der Waals surface area contributed by atoms with E-state index < -0.39 is 28.5 Å². The zero-order valence-electron chi connectivity index (χ0n) is 20.5. The Morgan fingerprint density at radius 1 is 1.09 bits per heavy atom. The quantitative estimate of drug-likeness (QED) is 0.465. The molecule has 2 aromatic rings. The molecule has 2 amide bonds. The Labute approximate surface area is 208 Å². The minimum Gasteiger partial charge on any atom is -0.354 e. The van der Waals surface area contributed by atoms with E-state index in [0.29, 0.717) is 17.3 Å². The van der Waals surface area contributed by atoms with E-state index >= 15 is 0 Å². The smallest absolute Gasteiger partial charge is 0.244 e. The molecule has 0 bridgehead atoms. The number of nitrogens with zero attached hydrogens (tertiary/aromatic N) is 2. The average molecular weight is 508 g/mol. The SMILES string of the molecule is CCCCNC(=O)[C@H](C)N(Cc1ccc(C)cc1)C(=O)CN(c1ccc(C)c(Cl)c1)S(C)(=O)=O. The summed E-state index contributed by atoms with van der Waals surface area (Å²) in [4.78, 5) is 27.7. The summed E-state index contributed by atoms with van der Waals surface area (Å²) in [6.07, 6.45) is 2.81. The zero-order chi connectivity index (χ0) is 25.5. The lowest BCUT2D eigenvalue weighted by atomic mass is 10.1. The van der Waals surface area contributed by atoms with Gasteiger partial charge >= 0.3 is 0 Å². The summed E-state index contributed by atoms with van der Waals surface area (Å²) in [5, 5.41) is 3.26. The standard InChI is InChI=1S/C25H34ClN3O4S/c1-6-7-14-27-25(31)20(4)28(16-21-11-8-18(2)9-12-21)24(30)17-29(34(5,32)33)22-13-10-19(3)23(26)15-22/h8-13,15,20H,6-7,14,16-17H2,1-5H3,(H,27,31)/t20-/m0/s1. The largest absolute Gasteiger partial charge is 0.354 e. The van der Waals surface area contributed by atoms with Gasteiger partial charge in [-0.15, -0.1) is 0 Å². The van der Waals surface area contributed by atoms with Crippen LogP contribution in [0.15, 0.2) is 42.5 Å². The van der Waals surface area contributed by atoms with Gasteiger partial charge in [-0.05, 0) is 50.5 Å². The number of hydrogen-bond donors (Lipinski definition) is 1. The van der Waals surface area contributed by atoms with Gasteiger partial charge < -0.3 is 10.2 Å². The molecule has 9 heteroatoms. The molecule has 0 unspecified atom stereocenters. The first-order valence-corrected chi connectivity index (χ1v) is 13.5.